The Balaban J connectivity index is 1.71. The molecule has 0 atom stereocenters. The standard InChI is InChI=1S/C22H23N3O/c1-15-8-9-17(3)20(12-15)25-19-10-11-23-21(13-19)22(26)24-14-18-7-5-4-6-16(18)2/h4-13H,14H2,1-3H3,(H,23,25)(H,24,26). The molecule has 26 heavy (non-hydrogen) atoms. The summed E-state index contributed by atoms with van der Waals surface area (Å²) in [6, 6.07) is 17.9. The molecule has 0 aliphatic heterocycles. The molecule has 4 nitrogen and oxygen atoms in total. The van der Waals surface area contributed by atoms with Crippen LogP contribution in [-0.4, -0.2) is 10.9 Å². The van der Waals surface area contributed by atoms with Crippen molar-refractivity contribution in [1.29, 1.82) is 0 Å². The van der Waals surface area contributed by atoms with Gasteiger partial charge in [0.1, 0.15) is 5.69 Å². The van der Waals surface area contributed by atoms with Gasteiger partial charge in [0, 0.05) is 24.1 Å². The third-order valence-electron chi connectivity index (χ3n) is 4.37. The number of carbonyl (C=O) groups is 1. The molecule has 0 saturated heterocycles. The van der Waals surface area contributed by atoms with Crippen molar-refractivity contribution < 1.29 is 4.79 Å². The monoisotopic (exact) mass is 345 g/mol. The highest BCUT2D eigenvalue weighted by atomic mass is 16.1. The topological polar surface area (TPSA) is 54.0 Å². The van der Waals surface area contributed by atoms with Crippen molar-refractivity contribution in [1.82, 2.24) is 10.3 Å². The van der Waals surface area contributed by atoms with E-state index in [-0.39, 0.29) is 5.91 Å². The van der Waals surface area contributed by atoms with Crippen molar-refractivity contribution in [3.63, 3.8) is 0 Å². The van der Waals surface area contributed by atoms with Crippen molar-refractivity contribution >= 4 is 17.3 Å². The van der Waals surface area contributed by atoms with Crippen LogP contribution in [-0.2, 0) is 6.54 Å². The summed E-state index contributed by atoms with van der Waals surface area (Å²) in [5.74, 6) is -0.183. The van der Waals surface area contributed by atoms with E-state index >= 15 is 0 Å². The lowest BCUT2D eigenvalue weighted by Crippen LogP contribution is -2.24. The molecule has 1 aromatic heterocycles. The van der Waals surface area contributed by atoms with E-state index < -0.39 is 0 Å². The third kappa shape index (κ3) is 4.28. The normalized spacial score (nSPS) is 10.4. The average molecular weight is 345 g/mol. The molecule has 0 radical (unpaired) electrons. The van der Waals surface area contributed by atoms with Crippen LogP contribution in [0.2, 0.25) is 0 Å². The quantitative estimate of drug-likeness (QED) is 0.706. The summed E-state index contributed by atoms with van der Waals surface area (Å²) in [4.78, 5) is 16.7. The van der Waals surface area contributed by atoms with Crippen LogP contribution in [0.25, 0.3) is 0 Å². The zero-order valence-corrected chi connectivity index (χ0v) is 15.3. The SMILES string of the molecule is Cc1ccc(C)c(Nc2ccnc(C(=O)NCc3ccccc3C)c2)c1. The van der Waals surface area contributed by atoms with Crippen LogP contribution in [0.4, 0.5) is 11.4 Å². The van der Waals surface area contributed by atoms with Gasteiger partial charge in [0.25, 0.3) is 5.91 Å². The van der Waals surface area contributed by atoms with Crippen LogP contribution in [0, 0.1) is 20.8 Å². The second-order valence-corrected chi connectivity index (χ2v) is 6.48. The van der Waals surface area contributed by atoms with Gasteiger partial charge in [0.05, 0.1) is 0 Å². The molecule has 0 aliphatic carbocycles. The van der Waals surface area contributed by atoms with Crippen LogP contribution in [0.5, 0.6) is 0 Å². The Hall–Kier alpha value is -3.14. The highest BCUT2D eigenvalue weighted by Crippen LogP contribution is 2.22. The number of hydrogen-bond donors (Lipinski definition) is 2. The Morgan fingerprint density at radius 1 is 0.962 bits per heavy atom. The van der Waals surface area contributed by atoms with E-state index in [2.05, 4.69) is 47.7 Å². The molecule has 4 heteroatoms. The number of anilines is 2. The van der Waals surface area contributed by atoms with Crippen molar-refractivity contribution in [3.05, 3.63) is 88.7 Å². The minimum Gasteiger partial charge on any atom is -0.355 e. The number of aromatic nitrogens is 1. The van der Waals surface area contributed by atoms with Crippen molar-refractivity contribution in [2.45, 2.75) is 27.3 Å². The van der Waals surface area contributed by atoms with Crippen molar-refractivity contribution in [2.75, 3.05) is 5.32 Å². The Bertz CT molecular complexity index is 934. The summed E-state index contributed by atoms with van der Waals surface area (Å²) in [6.45, 7) is 6.64. The van der Waals surface area contributed by atoms with E-state index in [9.17, 15) is 4.79 Å². The molecule has 0 bridgehead atoms. The van der Waals surface area contributed by atoms with Gasteiger partial charge in [-0.25, -0.2) is 0 Å². The molecule has 0 fully saturated rings. The Labute approximate surface area is 154 Å². The lowest BCUT2D eigenvalue weighted by molar-refractivity contribution is 0.0946. The first kappa shape index (κ1) is 17.7. The first-order valence-corrected chi connectivity index (χ1v) is 8.66. The highest BCUT2D eigenvalue weighted by Gasteiger charge is 2.09. The van der Waals surface area contributed by atoms with Crippen LogP contribution in [0.1, 0.15) is 32.7 Å². The number of nitrogens with one attached hydrogen (secondary N) is 2. The van der Waals surface area contributed by atoms with Gasteiger partial charge < -0.3 is 10.6 Å². The maximum atomic E-state index is 12.5. The molecule has 2 N–H and O–H groups in total. The number of rotatable bonds is 5. The predicted molar refractivity (Wildman–Crippen MR) is 106 cm³/mol. The largest absolute Gasteiger partial charge is 0.355 e. The minimum atomic E-state index is -0.183. The van der Waals surface area contributed by atoms with E-state index in [1.54, 1.807) is 12.3 Å². The summed E-state index contributed by atoms with van der Waals surface area (Å²) >= 11 is 0. The molecular formula is C22H23N3O. The minimum absolute atomic E-state index is 0.183. The number of aryl methyl sites for hydroxylation is 3. The summed E-state index contributed by atoms with van der Waals surface area (Å²) in [7, 11) is 0. The molecule has 2 aromatic carbocycles. The molecule has 1 amide bonds. The molecular weight excluding hydrogens is 322 g/mol. The predicted octanol–water partition coefficient (Wildman–Crippen LogP) is 4.68. The first-order valence-electron chi connectivity index (χ1n) is 8.66. The fourth-order valence-corrected chi connectivity index (χ4v) is 2.73. The van der Waals surface area contributed by atoms with Crippen LogP contribution in [0.3, 0.4) is 0 Å². The lowest BCUT2D eigenvalue weighted by Gasteiger charge is -2.12. The molecule has 0 spiro atoms. The van der Waals surface area contributed by atoms with E-state index in [1.165, 1.54) is 5.56 Å². The van der Waals surface area contributed by atoms with Gasteiger partial charge in [-0.05, 0) is 61.2 Å². The van der Waals surface area contributed by atoms with Gasteiger partial charge in [-0.15, -0.1) is 0 Å². The van der Waals surface area contributed by atoms with Gasteiger partial charge in [-0.2, -0.15) is 0 Å². The molecule has 3 rings (SSSR count). The highest BCUT2D eigenvalue weighted by molar-refractivity contribution is 5.93. The molecule has 0 saturated carbocycles. The van der Waals surface area contributed by atoms with Crippen LogP contribution >= 0.6 is 0 Å². The maximum absolute atomic E-state index is 12.5. The number of amides is 1. The van der Waals surface area contributed by atoms with E-state index in [1.807, 2.05) is 37.3 Å². The van der Waals surface area contributed by atoms with Gasteiger partial charge in [0.15, 0.2) is 0 Å². The summed E-state index contributed by atoms with van der Waals surface area (Å²) in [6.07, 6.45) is 1.65. The second-order valence-electron chi connectivity index (χ2n) is 6.48. The molecule has 132 valence electrons. The first-order chi connectivity index (χ1) is 12.5. The fourth-order valence-electron chi connectivity index (χ4n) is 2.73. The molecule has 3 aromatic rings. The van der Waals surface area contributed by atoms with Crippen LogP contribution < -0.4 is 10.6 Å². The summed E-state index contributed by atoms with van der Waals surface area (Å²) < 4.78 is 0. The van der Waals surface area contributed by atoms with Gasteiger partial charge in [-0.1, -0.05) is 36.4 Å². The van der Waals surface area contributed by atoms with E-state index in [0.717, 1.165) is 28.1 Å². The Kier molecular flexibility index (Phi) is 5.32. The zero-order valence-electron chi connectivity index (χ0n) is 15.3. The molecule has 0 unspecified atom stereocenters. The van der Waals surface area contributed by atoms with Crippen molar-refractivity contribution in [2.24, 2.45) is 0 Å². The second kappa shape index (κ2) is 7.83. The van der Waals surface area contributed by atoms with Gasteiger partial charge in [-0.3, -0.25) is 9.78 Å². The number of pyridine rings is 1. The van der Waals surface area contributed by atoms with Crippen LogP contribution in [0.15, 0.2) is 60.8 Å². The fraction of sp³-hybridized carbons (Fsp3) is 0.182. The molecule has 0 aliphatic rings. The summed E-state index contributed by atoms with van der Waals surface area (Å²) in [5, 5.41) is 6.31. The summed E-state index contributed by atoms with van der Waals surface area (Å²) in [5.41, 5.74) is 6.86. The number of nitrogens with zero attached hydrogens (tertiary/aromatic N) is 1. The third-order valence-corrected chi connectivity index (χ3v) is 4.37. The maximum Gasteiger partial charge on any atom is 0.270 e. The number of hydrogen-bond acceptors (Lipinski definition) is 3. The van der Waals surface area contributed by atoms with E-state index in [0.29, 0.717) is 12.2 Å². The van der Waals surface area contributed by atoms with Gasteiger partial charge >= 0.3 is 0 Å². The Morgan fingerprint density at radius 2 is 1.77 bits per heavy atom. The van der Waals surface area contributed by atoms with Gasteiger partial charge in [0.2, 0.25) is 0 Å². The zero-order chi connectivity index (χ0) is 18.5. The number of carbonyl (C=O) groups excluding carboxylic acids is 1. The van der Waals surface area contributed by atoms with E-state index in [4.69, 9.17) is 0 Å². The Morgan fingerprint density at radius 3 is 2.58 bits per heavy atom. The molecule has 1 heterocycles. The lowest BCUT2D eigenvalue weighted by atomic mass is 10.1. The average Bonchev–Trinajstić information content (AvgIpc) is 2.64. The number of benzene rings is 2. The van der Waals surface area contributed by atoms with Crippen molar-refractivity contribution in [3.8, 4) is 0 Å². The smallest absolute Gasteiger partial charge is 0.270 e.